The number of hydrogen-bond donors (Lipinski definition) is 1. The number of thiazole rings is 1. The van der Waals surface area contributed by atoms with Crippen LogP contribution in [0.4, 0.5) is 5.13 Å². The van der Waals surface area contributed by atoms with E-state index in [1.807, 2.05) is 29.2 Å². The van der Waals surface area contributed by atoms with Gasteiger partial charge < -0.3 is 10.0 Å². The fourth-order valence-corrected chi connectivity index (χ4v) is 3.63. The molecule has 5 heteroatoms. The number of anilines is 1. The number of piperidine rings is 1. The number of fused-ring (bicyclic) bond motifs is 1. The first-order valence-electron chi connectivity index (χ1n) is 6.50. The zero-order valence-electron chi connectivity index (χ0n) is 10.7. The largest absolute Gasteiger partial charge is 0.480 e. The monoisotopic (exact) mass is 276 g/mol. The number of rotatable bonds is 2. The lowest BCUT2D eigenvalue weighted by Gasteiger charge is -2.35. The summed E-state index contributed by atoms with van der Waals surface area (Å²) < 4.78 is 1.11. The molecule has 1 aromatic carbocycles. The van der Waals surface area contributed by atoms with E-state index in [0.29, 0.717) is 12.3 Å². The van der Waals surface area contributed by atoms with Gasteiger partial charge in [0.25, 0.3) is 0 Å². The maximum absolute atomic E-state index is 11.4. The van der Waals surface area contributed by atoms with Crippen molar-refractivity contribution in [1.82, 2.24) is 4.98 Å². The minimum atomic E-state index is -0.745. The predicted molar refractivity (Wildman–Crippen MR) is 76.8 cm³/mol. The molecule has 1 aliphatic heterocycles. The minimum absolute atomic E-state index is 0.440. The molecule has 2 heterocycles. The van der Waals surface area contributed by atoms with Crippen molar-refractivity contribution in [2.24, 2.45) is 5.92 Å². The van der Waals surface area contributed by atoms with Crippen molar-refractivity contribution in [2.75, 3.05) is 11.4 Å². The summed E-state index contributed by atoms with van der Waals surface area (Å²) in [6.07, 6.45) is 1.73. The van der Waals surface area contributed by atoms with Crippen LogP contribution in [0, 0.1) is 5.92 Å². The van der Waals surface area contributed by atoms with E-state index < -0.39 is 12.0 Å². The second kappa shape index (κ2) is 4.81. The molecule has 4 nitrogen and oxygen atoms in total. The molecular weight excluding hydrogens is 260 g/mol. The zero-order valence-corrected chi connectivity index (χ0v) is 11.6. The van der Waals surface area contributed by atoms with E-state index in [4.69, 9.17) is 0 Å². The number of hydrogen-bond acceptors (Lipinski definition) is 4. The normalized spacial score (nSPS) is 23.7. The first kappa shape index (κ1) is 12.4. The van der Waals surface area contributed by atoms with Crippen LogP contribution in [-0.4, -0.2) is 28.6 Å². The van der Waals surface area contributed by atoms with Crippen LogP contribution in [0.1, 0.15) is 19.8 Å². The molecule has 1 aromatic heterocycles. The number of carboxylic acid groups (broad SMARTS) is 1. The summed E-state index contributed by atoms with van der Waals surface area (Å²) in [5.74, 6) is -0.280. The number of nitrogens with zero attached hydrogens (tertiary/aromatic N) is 2. The Balaban J connectivity index is 1.96. The molecule has 0 spiro atoms. The summed E-state index contributed by atoms with van der Waals surface area (Å²) in [5, 5.41) is 10.2. The van der Waals surface area contributed by atoms with Crippen LogP contribution < -0.4 is 4.90 Å². The molecule has 1 aliphatic rings. The maximum Gasteiger partial charge on any atom is 0.326 e. The van der Waals surface area contributed by atoms with Gasteiger partial charge in [0.2, 0.25) is 0 Å². The van der Waals surface area contributed by atoms with Gasteiger partial charge in [-0.15, -0.1) is 0 Å². The lowest BCUT2D eigenvalue weighted by atomic mass is 9.93. The third-order valence-corrected chi connectivity index (χ3v) is 4.75. The second-order valence-corrected chi connectivity index (χ2v) is 6.15. The van der Waals surface area contributed by atoms with Gasteiger partial charge in [-0.3, -0.25) is 0 Å². The Bertz CT molecular complexity index is 577. The van der Waals surface area contributed by atoms with Gasteiger partial charge in [0.1, 0.15) is 6.04 Å². The van der Waals surface area contributed by atoms with E-state index in [9.17, 15) is 9.90 Å². The van der Waals surface area contributed by atoms with E-state index in [1.165, 1.54) is 0 Å². The Labute approximate surface area is 115 Å². The van der Waals surface area contributed by atoms with Gasteiger partial charge in [-0.2, -0.15) is 0 Å². The maximum atomic E-state index is 11.4. The molecule has 100 valence electrons. The summed E-state index contributed by atoms with van der Waals surface area (Å²) in [5.41, 5.74) is 0.949. The van der Waals surface area contributed by atoms with Crippen LogP contribution in [0.3, 0.4) is 0 Å². The zero-order chi connectivity index (χ0) is 13.4. The summed E-state index contributed by atoms with van der Waals surface area (Å²) in [7, 11) is 0. The molecule has 0 radical (unpaired) electrons. The fourth-order valence-electron chi connectivity index (χ4n) is 2.59. The molecule has 2 unspecified atom stereocenters. The molecule has 0 bridgehead atoms. The second-order valence-electron chi connectivity index (χ2n) is 5.14. The lowest BCUT2D eigenvalue weighted by molar-refractivity contribution is -0.139. The van der Waals surface area contributed by atoms with Gasteiger partial charge >= 0.3 is 5.97 Å². The van der Waals surface area contributed by atoms with E-state index >= 15 is 0 Å². The number of carbonyl (C=O) groups is 1. The molecule has 1 N–H and O–H groups in total. The Morgan fingerprint density at radius 2 is 2.26 bits per heavy atom. The highest BCUT2D eigenvalue weighted by atomic mass is 32.1. The number of aliphatic carboxylic acids is 1. The highest BCUT2D eigenvalue weighted by Crippen LogP contribution is 2.33. The molecule has 1 fully saturated rings. The molecule has 19 heavy (non-hydrogen) atoms. The third kappa shape index (κ3) is 2.30. The van der Waals surface area contributed by atoms with Crippen molar-refractivity contribution < 1.29 is 9.90 Å². The first-order valence-corrected chi connectivity index (χ1v) is 7.32. The Morgan fingerprint density at radius 3 is 3.00 bits per heavy atom. The van der Waals surface area contributed by atoms with Gasteiger partial charge in [-0.05, 0) is 30.9 Å². The lowest BCUT2D eigenvalue weighted by Crippen LogP contribution is -2.46. The number of carboxylic acids is 1. The first-order chi connectivity index (χ1) is 9.15. The van der Waals surface area contributed by atoms with Crippen molar-refractivity contribution in [3.8, 4) is 0 Å². The van der Waals surface area contributed by atoms with Crippen LogP contribution in [0.2, 0.25) is 0 Å². The number of para-hydroxylation sites is 1. The molecule has 0 amide bonds. The average Bonchev–Trinajstić information content (AvgIpc) is 2.82. The van der Waals surface area contributed by atoms with E-state index in [0.717, 1.165) is 28.3 Å². The fraction of sp³-hybridized carbons (Fsp3) is 0.429. The van der Waals surface area contributed by atoms with Gasteiger partial charge in [-0.25, -0.2) is 9.78 Å². The third-order valence-electron chi connectivity index (χ3n) is 3.68. The Hall–Kier alpha value is -1.62. The van der Waals surface area contributed by atoms with Crippen molar-refractivity contribution in [2.45, 2.75) is 25.8 Å². The van der Waals surface area contributed by atoms with Crippen LogP contribution >= 0.6 is 11.3 Å². The van der Waals surface area contributed by atoms with Crippen LogP contribution in [0.25, 0.3) is 10.2 Å². The van der Waals surface area contributed by atoms with E-state index in [-0.39, 0.29) is 0 Å². The molecule has 0 saturated carbocycles. The highest BCUT2D eigenvalue weighted by Gasteiger charge is 2.33. The van der Waals surface area contributed by atoms with Gasteiger partial charge in [0.05, 0.1) is 10.2 Å². The van der Waals surface area contributed by atoms with Crippen LogP contribution in [-0.2, 0) is 4.79 Å². The summed E-state index contributed by atoms with van der Waals surface area (Å²) in [6, 6.07) is 7.50. The van der Waals surface area contributed by atoms with E-state index in [2.05, 4.69) is 11.9 Å². The van der Waals surface area contributed by atoms with Gasteiger partial charge in [0.15, 0.2) is 5.13 Å². The van der Waals surface area contributed by atoms with Crippen molar-refractivity contribution in [3.63, 3.8) is 0 Å². The quantitative estimate of drug-likeness (QED) is 0.916. The smallest absolute Gasteiger partial charge is 0.326 e. The molecule has 2 atom stereocenters. The van der Waals surface area contributed by atoms with Crippen molar-refractivity contribution in [1.29, 1.82) is 0 Å². The SMILES string of the molecule is CC1CCN(c2nc3ccccc3s2)C(C(=O)O)C1. The Kier molecular flexibility index (Phi) is 3.14. The summed E-state index contributed by atoms with van der Waals surface area (Å²) in [6.45, 7) is 2.89. The standard InChI is InChI=1S/C14H16N2O2S/c1-9-6-7-16(11(8-9)13(17)18)14-15-10-4-2-3-5-12(10)19-14/h2-5,9,11H,6-8H2,1H3,(H,17,18). The molecule has 1 saturated heterocycles. The van der Waals surface area contributed by atoms with E-state index in [1.54, 1.807) is 11.3 Å². The molecule has 3 rings (SSSR count). The molecule has 0 aliphatic carbocycles. The average molecular weight is 276 g/mol. The Morgan fingerprint density at radius 1 is 1.47 bits per heavy atom. The van der Waals surface area contributed by atoms with Gasteiger partial charge in [0, 0.05) is 6.54 Å². The number of aromatic nitrogens is 1. The molecule has 2 aromatic rings. The predicted octanol–water partition coefficient (Wildman–Crippen LogP) is 2.99. The summed E-state index contributed by atoms with van der Waals surface area (Å²) >= 11 is 1.58. The minimum Gasteiger partial charge on any atom is -0.480 e. The number of benzene rings is 1. The van der Waals surface area contributed by atoms with Crippen LogP contribution in [0.5, 0.6) is 0 Å². The summed E-state index contributed by atoms with van der Waals surface area (Å²) in [4.78, 5) is 18.0. The van der Waals surface area contributed by atoms with Crippen LogP contribution in [0.15, 0.2) is 24.3 Å². The van der Waals surface area contributed by atoms with Crippen molar-refractivity contribution in [3.05, 3.63) is 24.3 Å². The topological polar surface area (TPSA) is 53.4 Å². The highest BCUT2D eigenvalue weighted by molar-refractivity contribution is 7.22. The van der Waals surface area contributed by atoms with Gasteiger partial charge in [-0.1, -0.05) is 30.4 Å². The van der Waals surface area contributed by atoms with Crippen molar-refractivity contribution >= 4 is 32.7 Å². The molecular formula is C14H16N2O2S.